The predicted octanol–water partition coefficient (Wildman–Crippen LogP) is 3.36. The third kappa shape index (κ3) is 3.05. The summed E-state index contributed by atoms with van der Waals surface area (Å²) >= 11 is 0. The van der Waals surface area contributed by atoms with Crippen LogP contribution in [0, 0.1) is 13.8 Å². The summed E-state index contributed by atoms with van der Waals surface area (Å²) < 4.78 is 18.0. The van der Waals surface area contributed by atoms with Gasteiger partial charge in [-0.15, -0.1) is 0 Å². The van der Waals surface area contributed by atoms with Gasteiger partial charge >= 0.3 is 5.76 Å². The molecule has 9 nitrogen and oxygen atoms in total. The number of aliphatic hydroxyl groups is 1. The Morgan fingerprint density at radius 3 is 2.75 bits per heavy atom. The van der Waals surface area contributed by atoms with Gasteiger partial charge in [-0.25, -0.2) is 9.78 Å². The number of aliphatic hydroxyl groups excluding tert-OH is 1. The molecule has 0 saturated heterocycles. The fourth-order valence-corrected chi connectivity index (χ4v) is 4.07. The first-order chi connectivity index (χ1) is 15.5. The lowest BCUT2D eigenvalue weighted by molar-refractivity contribution is 0.277. The van der Waals surface area contributed by atoms with Crippen molar-refractivity contribution in [3.05, 3.63) is 69.9 Å². The van der Waals surface area contributed by atoms with Gasteiger partial charge in [-0.05, 0) is 37.6 Å². The molecule has 0 spiro atoms. The minimum absolute atomic E-state index is 0.251. The molecule has 1 aromatic carbocycles. The molecule has 0 fully saturated rings. The van der Waals surface area contributed by atoms with E-state index >= 15 is 0 Å². The summed E-state index contributed by atoms with van der Waals surface area (Å²) in [7, 11) is 1.58. The molecule has 0 aliphatic rings. The average molecular weight is 432 g/mol. The topological polar surface area (TPSA) is 116 Å². The van der Waals surface area contributed by atoms with Crippen molar-refractivity contribution >= 4 is 22.0 Å². The molecule has 9 heteroatoms. The zero-order chi connectivity index (χ0) is 22.4. The number of methoxy groups -OCH3 is 1. The first-order valence-electron chi connectivity index (χ1n) is 9.98. The SMILES string of the molecule is COc1cc2c(cc1-c1c(C)noc1C)nc(CO)c1oc(=O)n(Cc3cccnc3)c12. The fourth-order valence-electron chi connectivity index (χ4n) is 4.07. The van der Waals surface area contributed by atoms with Crippen LogP contribution in [0.2, 0.25) is 0 Å². The highest BCUT2D eigenvalue weighted by Crippen LogP contribution is 2.39. The second-order valence-electron chi connectivity index (χ2n) is 7.48. The van der Waals surface area contributed by atoms with Crippen molar-refractivity contribution in [1.29, 1.82) is 0 Å². The molecule has 4 aromatic heterocycles. The van der Waals surface area contributed by atoms with Crippen molar-refractivity contribution in [2.75, 3.05) is 7.11 Å². The molecule has 0 saturated carbocycles. The van der Waals surface area contributed by atoms with E-state index in [1.165, 1.54) is 4.57 Å². The molecular weight excluding hydrogens is 412 g/mol. The maximum absolute atomic E-state index is 12.8. The van der Waals surface area contributed by atoms with E-state index in [0.717, 1.165) is 22.4 Å². The van der Waals surface area contributed by atoms with Crippen molar-refractivity contribution < 1.29 is 18.8 Å². The number of pyridine rings is 2. The van der Waals surface area contributed by atoms with Crippen LogP contribution in [0.1, 0.15) is 22.7 Å². The lowest BCUT2D eigenvalue weighted by atomic mass is 10.00. The van der Waals surface area contributed by atoms with Gasteiger partial charge in [-0.3, -0.25) is 9.55 Å². The number of ether oxygens (including phenoxy) is 1. The number of benzene rings is 1. The Bertz CT molecular complexity index is 1500. The van der Waals surface area contributed by atoms with Crippen LogP contribution in [0.4, 0.5) is 0 Å². The summed E-state index contributed by atoms with van der Waals surface area (Å²) in [5.41, 5.74) is 4.79. The predicted molar refractivity (Wildman–Crippen MR) is 117 cm³/mol. The highest BCUT2D eigenvalue weighted by atomic mass is 16.5. The Kier molecular flexibility index (Phi) is 4.75. The number of hydrogen-bond acceptors (Lipinski definition) is 8. The molecule has 32 heavy (non-hydrogen) atoms. The summed E-state index contributed by atoms with van der Waals surface area (Å²) in [6, 6.07) is 7.36. The summed E-state index contributed by atoms with van der Waals surface area (Å²) in [5.74, 6) is 0.690. The number of hydrogen-bond donors (Lipinski definition) is 1. The third-order valence-corrected chi connectivity index (χ3v) is 5.50. The van der Waals surface area contributed by atoms with Gasteiger partial charge in [0.1, 0.15) is 22.7 Å². The molecule has 0 amide bonds. The summed E-state index contributed by atoms with van der Waals surface area (Å²) in [6.45, 7) is 3.57. The van der Waals surface area contributed by atoms with Gasteiger partial charge in [0.2, 0.25) is 0 Å². The van der Waals surface area contributed by atoms with E-state index in [0.29, 0.717) is 27.9 Å². The van der Waals surface area contributed by atoms with E-state index in [4.69, 9.17) is 13.7 Å². The van der Waals surface area contributed by atoms with Crippen molar-refractivity contribution in [3.8, 4) is 16.9 Å². The lowest BCUT2D eigenvalue weighted by Gasteiger charge is -2.12. The van der Waals surface area contributed by atoms with E-state index < -0.39 is 5.76 Å². The highest BCUT2D eigenvalue weighted by Gasteiger charge is 2.22. The van der Waals surface area contributed by atoms with E-state index in [1.54, 1.807) is 25.6 Å². The van der Waals surface area contributed by atoms with Crippen LogP contribution < -0.4 is 10.5 Å². The molecule has 0 aliphatic heterocycles. The zero-order valence-corrected chi connectivity index (χ0v) is 17.7. The van der Waals surface area contributed by atoms with Crippen LogP contribution in [0.15, 0.2) is 50.4 Å². The summed E-state index contributed by atoms with van der Waals surface area (Å²) in [4.78, 5) is 21.5. The first kappa shape index (κ1) is 20.0. The highest BCUT2D eigenvalue weighted by molar-refractivity contribution is 6.05. The smallest absolute Gasteiger partial charge is 0.420 e. The zero-order valence-electron chi connectivity index (χ0n) is 17.7. The van der Waals surface area contributed by atoms with E-state index in [-0.39, 0.29) is 24.4 Å². The summed E-state index contributed by atoms with van der Waals surface area (Å²) in [5, 5.41) is 14.6. The van der Waals surface area contributed by atoms with Crippen molar-refractivity contribution in [1.82, 2.24) is 19.7 Å². The molecule has 5 rings (SSSR count). The monoisotopic (exact) mass is 432 g/mol. The molecule has 5 aromatic rings. The Hall–Kier alpha value is -3.98. The van der Waals surface area contributed by atoms with Gasteiger partial charge in [0.05, 0.1) is 37.0 Å². The second kappa shape index (κ2) is 7.61. The molecule has 1 N–H and O–H groups in total. The molecule has 0 bridgehead atoms. The van der Waals surface area contributed by atoms with Crippen molar-refractivity contribution in [2.45, 2.75) is 27.0 Å². The average Bonchev–Trinajstić information content (AvgIpc) is 3.31. The van der Waals surface area contributed by atoms with Gasteiger partial charge in [0.15, 0.2) is 5.58 Å². The van der Waals surface area contributed by atoms with Crippen LogP contribution in [0.3, 0.4) is 0 Å². The van der Waals surface area contributed by atoms with Gasteiger partial charge in [0, 0.05) is 23.3 Å². The minimum atomic E-state index is -0.540. The molecule has 0 aliphatic carbocycles. The number of aromatic nitrogens is 4. The van der Waals surface area contributed by atoms with Crippen LogP contribution in [-0.4, -0.2) is 31.9 Å². The van der Waals surface area contributed by atoms with Gasteiger partial charge in [-0.1, -0.05) is 11.2 Å². The number of nitrogens with zero attached hydrogens (tertiary/aromatic N) is 4. The molecule has 0 unspecified atom stereocenters. The molecule has 0 radical (unpaired) electrons. The Labute approximate surface area is 181 Å². The lowest BCUT2D eigenvalue weighted by Crippen LogP contribution is -2.15. The fraction of sp³-hybridized carbons (Fsp3) is 0.217. The molecule has 4 heterocycles. The normalized spacial score (nSPS) is 11.5. The van der Waals surface area contributed by atoms with Crippen LogP contribution in [0.5, 0.6) is 5.75 Å². The van der Waals surface area contributed by atoms with Crippen molar-refractivity contribution in [3.63, 3.8) is 0 Å². The molecular formula is C23H20N4O5. The summed E-state index contributed by atoms with van der Waals surface area (Å²) in [6.07, 6.45) is 3.36. The number of aryl methyl sites for hydroxylation is 2. The number of oxazole rings is 1. The minimum Gasteiger partial charge on any atom is -0.496 e. The Morgan fingerprint density at radius 1 is 1.25 bits per heavy atom. The third-order valence-electron chi connectivity index (χ3n) is 5.50. The Balaban J connectivity index is 1.85. The van der Waals surface area contributed by atoms with E-state index in [9.17, 15) is 9.90 Å². The first-order valence-corrected chi connectivity index (χ1v) is 9.98. The molecule has 0 atom stereocenters. The largest absolute Gasteiger partial charge is 0.496 e. The maximum Gasteiger partial charge on any atom is 0.420 e. The van der Waals surface area contributed by atoms with E-state index in [2.05, 4.69) is 15.1 Å². The number of rotatable bonds is 5. The Morgan fingerprint density at radius 2 is 2.09 bits per heavy atom. The van der Waals surface area contributed by atoms with Gasteiger partial charge in [0.25, 0.3) is 0 Å². The van der Waals surface area contributed by atoms with Crippen LogP contribution in [-0.2, 0) is 13.2 Å². The van der Waals surface area contributed by atoms with Crippen molar-refractivity contribution in [2.24, 2.45) is 0 Å². The second-order valence-corrected chi connectivity index (χ2v) is 7.48. The maximum atomic E-state index is 12.8. The van der Waals surface area contributed by atoms with Gasteiger partial charge in [-0.2, -0.15) is 0 Å². The molecule has 162 valence electrons. The standard InChI is InChI=1S/C23H20N4O5/c1-12-20(13(2)32-26-12)16-7-17-15(8-19(16)30-3)21-22(18(11-28)25-17)31-23(29)27(21)10-14-5-4-6-24-9-14/h4-9,28H,10-11H2,1-3H3. The van der Waals surface area contributed by atoms with Crippen LogP contribution in [0.25, 0.3) is 33.1 Å². The van der Waals surface area contributed by atoms with E-state index in [1.807, 2.05) is 32.0 Å². The number of fused-ring (bicyclic) bond motifs is 3. The van der Waals surface area contributed by atoms with Crippen LogP contribution >= 0.6 is 0 Å². The van der Waals surface area contributed by atoms with Gasteiger partial charge < -0.3 is 18.8 Å². The quantitative estimate of drug-likeness (QED) is 0.449.